The molecule has 1 heterocycles. The van der Waals surface area contributed by atoms with E-state index in [4.69, 9.17) is 5.11 Å². The van der Waals surface area contributed by atoms with Crippen molar-refractivity contribution in [1.82, 2.24) is 9.62 Å². The topological polar surface area (TPSA) is 104 Å². The van der Waals surface area contributed by atoms with E-state index in [9.17, 15) is 18.0 Å². The number of aliphatic carboxylic acids is 1. The summed E-state index contributed by atoms with van der Waals surface area (Å²) in [6.07, 6.45) is 4.72. The van der Waals surface area contributed by atoms with Crippen molar-refractivity contribution in [3.05, 3.63) is 29.8 Å². The van der Waals surface area contributed by atoms with Crippen LogP contribution in [0.15, 0.2) is 29.2 Å². The van der Waals surface area contributed by atoms with Crippen LogP contribution >= 0.6 is 0 Å². The molecule has 148 valence electrons. The van der Waals surface area contributed by atoms with Gasteiger partial charge in [-0.2, -0.15) is 4.31 Å². The molecule has 2 N–H and O–H groups in total. The van der Waals surface area contributed by atoms with E-state index in [0.717, 1.165) is 24.8 Å². The number of carbonyl (C=O) groups is 2. The molecule has 0 aromatic heterocycles. The van der Waals surface area contributed by atoms with Gasteiger partial charge in [0.1, 0.15) is 0 Å². The number of carbonyl (C=O) groups excluding carboxylic acids is 1. The van der Waals surface area contributed by atoms with Crippen molar-refractivity contribution in [2.45, 2.75) is 55.9 Å². The predicted molar refractivity (Wildman–Crippen MR) is 99.7 cm³/mol. The lowest BCUT2D eigenvalue weighted by molar-refractivity contribution is -0.141. The Morgan fingerprint density at radius 1 is 1.07 bits per heavy atom. The number of nitrogens with one attached hydrogen (secondary N) is 1. The normalized spacial score (nSPS) is 23.9. The van der Waals surface area contributed by atoms with Crippen molar-refractivity contribution in [2.75, 3.05) is 13.1 Å². The number of sulfonamides is 1. The van der Waals surface area contributed by atoms with E-state index in [1.165, 1.54) is 4.31 Å². The molecule has 1 amide bonds. The van der Waals surface area contributed by atoms with Crippen molar-refractivity contribution in [3.8, 4) is 0 Å². The standard InChI is InChI=1S/C19H26N2O5S/c22-18(20-16-7-6-15(13-16)19(23)24)12-14-4-8-17(9-5-14)27(25,26)21-10-2-1-3-11-21/h4-5,8-9,15-16H,1-3,6-7,10-13H2,(H,20,22)(H,23,24)/t15-,16+/m0/s1. The van der Waals surface area contributed by atoms with Gasteiger partial charge < -0.3 is 10.4 Å². The Kier molecular flexibility index (Phi) is 6.16. The summed E-state index contributed by atoms with van der Waals surface area (Å²) in [5.41, 5.74) is 0.734. The summed E-state index contributed by atoms with van der Waals surface area (Å²) >= 11 is 0. The average Bonchev–Trinajstić information content (AvgIpc) is 3.11. The van der Waals surface area contributed by atoms with Gasteiger partial charge in [-0.15, -0.1) is 0 Å². The summed E-state index contributed by atoms with van der Waals surface area (Å²) in [5, 5.41) is 11.9. The number of piperidine rings is 1. The van der Waals surface area contributed by atoms with E-state index < -0.39 is 16.0 Å². The lowest BCUT2D eigenvalue weighted by Crippen LogP contribution is -2.35. The molecule has 1 aromatic carbocycles. The molecule has 0 bridgehead atoms. The highest BCUT2D eigenvalue weighted by Gasteiger charge is 2.30. The Bertz CT molecular complexity index is 785. The highest BCUT2D eigenvalue weighted by atomic mass is 32.2. The zero-order valence-electron chi connectivity index (χ0n) is 15.3. The molecule has 1 aliphatic carbocycles. The third kappa shape index (κ3) is 4.87. The lowest BCUT2D eigenvalue weighted by Gasteiger charge is -2.25. The van der Waals surface area contributed by atoms with Crippen LogP contribution in [0.3, 0.4) is 0 Å². The fraction of sp³-hybridized carbons (Fsp3) is 0.579. The van der Waals surface area contributed by atoms with E-state index in [1.54, 1.807) is 24.3 Å². The van der Waals surface area contributed by atoms with E-state index >= 15 is 0 Å². The van der Waals surface area contributed by atoms with Gasteiger partial charge in [0.25, 0.3) is 0 Å². The third-order valence-corrected chi connectivity index (χ3v) is 7.30. The molecule has 7 nitrogen and oxygen atoms in total. The maximum absolute atomic E-state index is 12.6. The van der Waals surface area contributed by atoms with Crippen molar-refractivity contribution >= 4 is 21.9 Å². The van der Waals surface area contributed by atoms with E-state index in [-0.39, 0.29) is 29.2 Å². The highest BCUT2D eigenvalue weighted by Crippen LogP contribution is 2.26. The van der Waals surface area contributed by atoms with E-state index in [1.807, 2.05) is 0 Å². The second kappa shape index (κ2) is 8.39. The molecule has 2 aliphatic rings. The van der Waals surface area contributed by atoms with Crippen molar-refractivity contribution < 1.29 is 23.1 Å². The van der Waals surface area contributed by atoms with Crippen LogP contribution in [0.1, 0.15) is 44.1 Å². The quantitative estimate of drug-likeness (QED) is 0.765. The summed E-state index contributed by atoms with van der Waals surface area (Å²) in [4.78, 5) is 23.4. The van der Waals surface area contributed by atoms with Crippen LogP contribution in [0.5, 0.6) is 0 Å². The molecule has 27 heavy (non-hydrogen) atoms. The summed E-state index contributed by atoms with van der Waals surface area (Å²) in [7, 11) is -3.46. The average molecular weight is 394 g/mol. The number of benzene rings is 1. The van der Waals surface area contributed by atoms with Gasteiger partial charge in [-0.1, -0.05) is 18.6 Å². The molecular weight excluding hydrogens is 368 g/mol. The number of carboxylic acid groups (broad SMARTS) is 1. The predicted octanol–water partition coefficient (Wildman–Crippen LogP) is 1.77. The monoisotopic (exact) mass is 394 g/mol. The Morgan fingerprint density at radius 2 is 1.74 bits per heavy atom. The van der Waals surface area contributed by atoms with Crippen LogP contribution in [0.25, 0.3) is 0 Å². The molecule has 2 atom stereocenters. The van der Waals surface area contributed by atoms with Gasteiger partial charge in [0.2, 0.25) is 15.9 Å². The van der Waals surface area contributed by atoms with Gasteiger partial charge in [0, 0.05) is 19.1 Å². The molecule has 0 spiro atoms. The molecule has 2 fully saturated rings. The molecule has 0 radical (unpaired) electrons. The number of amides is 1. The van der Waals surface area contributed by atoms with Gasteiger partial charge in [-0.25, -0.2) is 8.42 Å². The summed E-state index contributed by atoms with van der Waals surface area (Å²) in [6, 6.07) is 6.36. The fourth-order valence-electron chi connectivity index (χ4n) is 3.83. The number of hydrogen-bond acceptors (Lipinski definition) is 4. The Balaban J connectivity index is 1.56. The highest BCUT2D eigenvalue weighted by molar-refractivity contribution is 7.89. The van der Waals surface area contributed by atoms with Gasteiger partial charge in [0.05, 0.1) is 17.2 Å². The molecule has 1 saturated heterocycles. The molecule has 1 aromatic rings. The number of rotatable bonds is 6. The molecule has 0 unspecified atom stereocenters. The lowest BCUT2D eigenvalue weighted by atomic mass is 10.1. The first-order chi connectivity index (χ1) is 12.9. The van der Waals surface area contributed by atoms with Crippen LogP contribution in [0.2, 0.25) is 0 Å². The van der Waals surface area contributed by atoms with Gasteiger partial charge in [0.15, 0.2) is 0 Å². The molecule has 3 rings (SSSR count). The summed E-state index contributed by atoms with van der Waals surface area (Å²) < 4.78 is 26.8. The number of carboxylic acids is 1. The first kappa shape index (κ1) is 19.8. The smallest absolute Gasteiger partial charge is 0.306 e. The van der Waals surface area contributed by atoms with Gasteiger partial charge in [-0.3, -0.25) is 9.59 Å². The van der Waals surface area contributed by atoms with E-state index in [2.05, 4.69) is 5.32 Å². The number of hydrogen-bond donors (Lipinski definition) is 2. The Labute approximate surface area is 159 Å². The fourth-order valence-corrected chi connectivity index (χ4v) is 5.35. The molecule has 1 saturated carbocycles. The zero-order chi connectivity index (χ0) is 19.4. The maximum atomic E-state index is 12.6. The number of nitrogens with zero attached hydrogens (tertiary/aromatic N) is 1. The summed E-state index contributed by atoms with van der Waals surface area (Å²) in [5.74, 6) is -1.36. The minimum absolute atomic E-state index is 0.0997. The van der Waals surface area contributed by atoms with Crippen molar-refractivity contribution in [1.29, 1.82) is 0 Å². The SMILES string of the molecule is O=C(Cc1ccc(S(=O)(=O)N2CCCCC2)cc1)N[C@@H]1CC[C@H](C(=O)O)C1. The van der Waals surface area contributed by atoms with Crippen molar-refractivity contribution in [3.63, 3.8) is 0 Å². The van der Waals surface area contributed by atoms with Crippen LogP contribution < -0.4 is 5.32 Å². The van der Waals surface area contributed by atoms with Crippen LogP contribution in [-0.4, -0.2) is 48.8 Å². The maximum Gasteiger partial charge on any atom is 0.306 e. The second-order valence-electron chi connectivity index (χ2n) is 7.40. The van der Waals surface area contributed by atoms with E-state index in [0.29, 0.717) is 32.4 Å². The van der Waals surface area contributed by atoms with Crippen LogP contribution in [-0.2, 0) is 26.0 Å². The Morgan fingerprint density at radius 3 is 2.33 bits per heavy atom. The first-order valence-corrected chi connectivity index (χ1v) is 10.9. The van der Waals surface area contributed by atoms with Crippen LogP contribution in [0.4, 0.5) is 0 Å². The zero-order valence-corrected chi connectivity index (χ0v) is 16.1. The van der Waals surface area contributed by atoms with Gasteiger partial charge in [-0.05, 0) is 49.8 Å². The molecular formula is C19H26N2O5S. The molecule has 1 aliphatic heterocycles. The summed E-state index contributed by atoms with van der Waals surface area (Å²) in [6.45, 7) is 1.12. The molecule has 8 heteroatoms. The largest absolute Gasteiger partial charge is 0.481 e. The minimum Gasteiger partial charge on any atom is -0.481 e. The Hall–Kier alpha value is -1.93. The van der Waals surface area contributed by atoms with Crippen LogP contribution in [0, 0.1) is 5.92 Å². The third-order valence-electron chi connectivity index (χ3n) is 5.39. The van der Waals surface area contributed by atoms with Gasteiger partial charge >= 0.3 is 5.97 Å². The first-order valence-electron chi connectivity index (χ1n) is 9.47. The van der Waals surface area contributed by atoms with Crippen molar-refractivity contribution in [2.24, 2.45) is 5.92 Å². The second-order valence-corrected chi connectivity index (χ2v) is 9.34. The minimum atomic E-state index is -3.46.